The van der Waals surface area contributed by atoms with E-state index in [0.717, 1.165) is 28.5 Å². The summed E-state index contributed by atoms with van der Waals surface area (Å²) in [6, 6.07) is 9.93. The van der Waals surface area contributed by atoms with E-state index in [1.165, 1.54) is 0 Å². The minimum absolute atomic E-state index is 0. The minimum atomic E-state index is 0. The number of rotatable bonds is 2. The Hall–Kier alpha value is 0.316. The fourth-order valence-corrected chi connectivity index (χ4v) is 1.82. The molecule has 0 aliphatic carbocycles. The van der Waals surface area contributed by atoms with Gasteiger partial charge in [-0.1, -0.05) is 29.8 Å². The van der Waals surface area contributed by atoms with E-state index in [-0.39, 0.29) is 56.9 Å². The molecular formula is C12H14ClKN2O. The maximum Gasteiger partial charge on any atom is 1.00 e. The molecule has 0 aliphatic heterocycles. The predicted octanol–water partition coefficient (Wildman–Crippen LogP) is 0.0288. The molecule has 2 aromatic rings. The van der Waals surface area contributed by atoms with Crippen molar-refractivity contribution in [2.24, 2.45) is 0 Å². The fraction of sp³-hybridized carbons (Fsp3) is 0.250. The van der Waals surface area contributed by atoms with E-state index in [1.807, 2.05) is 35.9 Å². The normalized spacial score (nSPS) is 9.35. The van der Waals surface area contributed by atoms with E-state index >= 15 is 0 Å². The molecule has 0 atom stereocenters. The maximum atomic E-state index is 6.09. The van der Waals surface area contributed by atoms with Crippen LogP contribution in [0.4, 0.5) is 0 Å². The fourth-order valence-electron chi connectivity index (χ4n) is 1.62. The number of halogens is 1. The molecular weight excluding hydrogens is 263 g/mol. The topological polar surface area (TPSA) is 47.8 Å². The molecule has 1 N–H and O–H groups in total. The summed E-state index contributed by atoms with van der Waals surface area (Å²) in [5.74, 6) is 0. The molecule has 1 heterocycles. The second-order valence-corrected chi connectivity index (χ2v) is 4.08. The van der Waals surface area contributed by atoms with Crippen LogP contribution in [0.25, 0.3) is 0 Å². The van der Waals surface area contributed by atoms with Crippen molar-refractivity contribution in [3.05, 3.63) is 52.3 Å². The number of benzene rings is 1. The van der Waals surface area contributed by atoms with Gasteiger partial charge in [-0.25, -0.2) is 0 Å². The monoisotopic (exact) mass is 276 g/mol. The van der Waals surface area contributed by atoms with E-state index in [0.29, 0.717) is 0 Å². The quantitative estimate of drug-likeness (QED) is 0.727. The van der Waals surface area contributed by atoms with E-state index in [1.54, 1.807) is 0 Å². The smallest absolute Gasteiger partial charge is 0.870 e. The van der Waals surface area contributed by atoms with Crippen LogP contribution >= 0.6 is 11.6 Å². The first-order valence-electron chi connectivity index (χ1n) is 4.91. The molecule has 3 nitrogen and oxygen atoms in total. The number of hydrogen-bond donors (Lipinski definition) is 0. The van der Waals surface area contributed by atoms with Crippen molar-refractivity contribution >= 4 is 11.6 Å². The summed E-state index contributed by atoms with van der Waals surface area (Å²) in [6.45, 7) is 4.78. The van der Waals surface area contributed by atoms with Crippen molar-refractivity contribution in [2.75, 3.05) is 0 Å². The third kappa shape index (κ3) is 4.48. The van der Waals surface area contributed by atoms with E-state index in [9.17, 15) is 0 Å². The molecule has 0 radical (unpaired) electrons. The van der Waals surface area contributed by atoms with Crippen LogP contribution in [0.3, 0.4) is 0 Å². The van der Waals surface area contributed by atoms with Crippen LogP contribution in [0, 0.1) is 13.8 Å². The molecule has 2 rings (SSSR count). The molecule has 0 fully saturated rings. The zero-order valence-electron chi connectivity index (χ0n) is 10.3. The van der Waals surface area contributed by atoms with Crippen molar-refractivity contribution in [1.29, 1.82) is 0 Å². The Bertz CT molecular complexity index is 485. The third-order valence-corrected chi connectivity index (χ3v) is 2.75. The van der Waals surface area contributed by atoms with Gasteiger partial charge in [-0.2, -0.15) is 5.10 Å². The second kappa shape index (κ2) is 7.69. The first kappa shape index (κ1) is 17.3. The largest absolute Gasteiger partial charge is 1.00 e. The number of aryl methyl sites for hydroxylation is 2. The minimum Gasteiger partial charge on any atom is -0.870 e. The predicted molar refractivity (Wildman–Crippen MR) is 64.2 cm³/mol. The van der Waals surface area contributed by atoms with Gasteiger partial charge in [-0.3, -0.25) is 4.68 Å². The van der Waals surface area contributed by atoms with Gasteiger partial charge in [0.15, 0.2) is 0 Å². The molecule has 0 bridgehead atoms. The van der Waals surface area contributed by atoms with Crippen LogP contribution in [0.15, 0.2) is 30.3 Å². The molecule has 1 aromatic heterocycles. The maximum absolute atomic E-state index is 6.09. The van der Waals surface area contributed by atoms with Crippen LogP contribution in [0.1, 0.15) is 17.0 Å². The van der Waals surface area contributed by atoms with Crippen molar-refractivity contribution in [3.63, 3.8) is 0 Å². The van der Waals surface area contributed by atoms with Gasteiger partial charge < -0.3 is 5.48 Å². The average molecular weight is 277 g/mol. The van der Waals surface area contributed by atoms with Gasteiger partial charge in [0.1, 0.15) is 0 Å². The van der Waals surface area contributed by atoms with Gasteiger partial charge >= 0.3 is 51.4 Å². The van der Waals surface area contributed by atoms with Gasteiger partial charge in [0.2, 0.25) is 0 Å². The molecule has 0 unspecified atom stereocenters. The summed E-state index contributed by atoms with van der Waals surface area (Å²) in [4.78, 5) is 0. The summed E-state index contributed by atoms with van der Waals surface area (Å²) in [6.07, 6.45) is 0. The van der Waals surface area contributed by atoms with Crippen molar-refractivity contribution in [2.45, 2.75) is 20.4 Å². The Balaban J connectivity index is 0.00000128. The van der Waals surface area contributed by atoms with Gasteiger partial charge in [0.25, 0.3) is 0 Å². The number of nitrogens with zero attached hydrogens (tertiary/aromatic N) is 2. The number of hydrogen-bond acceptors (Lipinski definition) is 2. The average Bonchev–Trinajstić information content (AvgIpc) is 2.49. The Morgan fingerprint density at radius 3 is 2.41 bits per heavy atom. The van der Waals surface area contributed by atoms with E-state index < -0.39 is 0 Å². The molecule has 17 heavy (non-hydrogen) atoms. The molecule has 1 aromatic carbocycles. The van der Waals surface area contributed by atoms with Gasteiger partial charge in [0, 0.05) is 10.7 Å². The third-order valence-electron chi connectivity index (χ3n) is 2.38. The van der Waals surface area contributed by atoms with Crippen LogP contribution < -0.4 is 51.4 Å². The summed E-state index contributed by atoms with van der Waals surface area (Å²) in [5, 5.41) is 5.20. The zero-order chi connectivity index (χ0) is 10.8. The summed E-state index contributed by atoms with van der Waals surface area (Å²) in [7, 11) is 0. The molecule has 0 amide bonds. The van der Waals surface area contributed by atoms with Gasteiger partial charge in [0.05, 0.1) is 12.2 Å². The molecule has 86 valence electrons. The van der Waals surface area contributed by atoms with Crippen LogP contribution in [-0.4, -0.2) is 15.3 Å². The van der Waals surface area contributed by atoms with E-state index in [4.69, 9.17) is 11.6 Å². The molecule has 0 saturated carbocycles. The van der Waals surface area contributed by atoms with Crippen LogP contribution in [0.5, 0.6) is 0 Å². The molecule has 0 aliphatic rings. The Morgan fingerprint density at radius 2 is 1.88 bits per heavy atom. The van der Waals surface area contributed by atoms with Crippen molar-refractivity contribution < 1.29 is 56.9 Å². The number of aromatic nitrogens is 2. The van der Waals surface area contributed by atoms with Crippen molar-refractivity contribution in [3.8, 4) is 0 Å². The first-order valence-corrected chi connectivity index (χ1v) is 5.29. The second-order valence-electron chi connectivity index (χ2n) is 3.68. The molecule has 0 saturated heterocycles. The van der Waals surface area contributed by atoms with Gasteiger partial charge in [-0.05, 0) is 31.5 Å². The Labute approximate surface area is 149 Å². The Kier molecular flexibility index (Phi) is 7.83. The first-order chi connectivity index (χ1) is 7.16. The summed E-state index contributed by atoms with van der Waals surface area (Å²) in [5.41, 5.74) is 3.30. The summed E-state index contributed by atoms with van der Waals surface area (Å²) < 4.78 is 1.97. The summed E-state index contributed by atoms with van der Waals surface area (Å²) >= 11 is 6.09. The zero-order valence-corrected chi connectivity index (χ0v) is 14.2. The van der Waals surface area contributed by atoms with Crippen LogP contribution in [0.2, 0.25) is 5.02 Å². The standard InChI is InChI=1S/C12H13ClN2.K.H2O/c1-9-7-10(2)15(14-9)8-11-5-3-4-6-12(11)13;;/h3-7H,8H2,1-2H3;;1H2/q;+1;/p-1. The Morgan fingerprint density at radius 1 is 1.24 bits per heavy atom. The van der Waals surface area contributed by atoms with Crippen molar-refractivity contribution in [1.82, 2.24) is 9.78 Å². The SMILES string of the molecule is Cc1cc(C)n(Cc2ccccc2Cl)n1.[K+].[OH-]. The van der Waals surface area contributed by atoms with E-state index in [2.05, 4.69) is 18.1 Å². The van der Waals surface area contributed by atoms with Crippen LogP contribution in [-0.2, 0) is 6.54 Å². The van der Waals surface area contributed by atoms with Gasteiger partial charge in [-0.15, -0.1) is 0 Å². The molecule has 0 spiro atoms. The molecule has 5 heteroatoms.